The van der Waals surface area contributed by atoms with E-state index in [-0.39, 0.29) is 6.04 Å². The van der Waals surface area contributed by atoms with E-state index in [4.69, 9.17) is 34.1 Å². The number of hydrogen-bond donors (Lipinski definition) is 2. The zero-order valence-electron chi connectivity index (χ0n) is 24.7. The van der Waals surface area contributed by atoms with Gasteiger partial charge in [0, 0.05) is 58.3 Å². The first-order valence-corrected chi connectivity index (χ1v) is 14.1. The summed E-state index contributed by atoms with van der Waals surface area (Å²) < 4.78 is 50.6. The lowest BCUT2D eigenvalue weighted by atomic mass is 10.2. The van der Waals surface area contributed by atoms with Gasteiger partial charge < -0.3 is 29.5 Å². The molecule has 0 aliphatic carbocycles. The fraction of sp³-hybridized carbons (Fsp3) is 0.571. The van der Waals surface area contributed by atoms with E-state index in [0.717, 1.165) is 73.1 Å². The number of hydrogen-bond acceptors (Lipinski definition) is 10. The molecule has 1 saturated heterocycles. The maximum absolute atomic E-state index is 10.6. The summed E-state index contributed by atoms with van der Waals surface area (Å²) in [4.78, 5) is 23.6. The summed E-state index contributed by atoms with van der Waals surface area (Å²) >= 11 is 0. The van der Waals surface area contributed by atoms with Crippen LogP contribution in [0.25, 0.3) is 11.0 Å². The highest BCUT2D eigenvalue weighted by Gasteiger charge is 2.38. The zero-order valence-corrected chi connectivity index (χ0v) is 24.7. The Hall–Kier alpha value is -3.85. The molecule has 12 nitrogen and oxygen atoms in total. The van der Waals surface area contributed by atoms with Crippen LogP contribution in [0.4, 0.5) is 24.9 Å². The van der Waals surface area contributed by atoms with E-state index in [1.165, 1.54) is 0 Å². The number of nitrogens with one attached hydrogen (secondary N) is 1. The Morgan fingerprint density at radius 1 is 1.19 bits per heavy atom. The third-order valence-corrected chi connectivity index (χ3v) is 7.08. The molecule has 3 aromatic rings. The highest BCUT2D eigenvalue weighted by molar-refractivity contribution is 5.88. The van der Waals surface area contributed by atoms with Crippen molar-refractivity contribution in [3.63, 3.8) is 0 Å². The van der Waals surface area contributed by atoms with E-state index in [1.54, 1.807) is 7.11 Å². The van der Waals surface area contributed by atoms with Gasteiger partial charge >= 0.3 is 12.1 Å². The zero-order chi connectivity index (χ0) is 31.1. The monoisotopic (exact) mass is 609 g/mol. The highest BCUT2D eigenvalue weighted by atomic mass is 19.4. The van der Waals surface area contributed by atoms with Gasteiger partial charge in [0.25, 0.3) is 0 Å². The highest BCUT2D eigenvalue weighted by Crippen LogP contribution is 2.32. The third kappa shape index (κ3) is 8.16. The Labute approximate surface area is 247 Å². The molecule has 0 radical (unpaired) electrons. The predicted molar refractivity (Wildman–Crippen MR) is 154 cm³/mol. The molecule has 2 aliphatic heterocycles. The standard InChI is InChI=1S/C26H37N7O3.C2HF3O2/c1-18(2)33-25-21(16-28-33)24(32-9-8-31(10-13-34-4)19(3)17-32)29-26(30-25)27-15-20-6-7-22-23(14-20)36-12-5-11-35-22;3-2(4,5)1(6)7/h6-7,14,16,18-19H,5,8-13,15,17H2,1-4H3,(H,27,29,30);(H,6,7)/t19-;/m1./s1. The molecule has 0 spiro atoms. The second-order valence-electron chi connectivity index (χ2n) is 10.6. The van der Waals surface area contributed by atoms with Gasteiger partial charge in [-0.05, 0) is 38.5 Å². The molecule has 43 heavy (non-hydrogen) atoms. The fourth-order valence-electron chi connectivity index (χ4n) is 4.84. The van der Waals surface area contributed by atoms with Crippen LogP contribution in [-0.2, 0) is 16.1 Å². The minimum atomic E-state index is -5.08. The van der Waals surface area contributed by atoms with Crippen molar-refractivity contribution in [1.82, 2.24) is 24.6 Å². The van der Waals surface area contributed by atoms with E-state index in [0.29, 0.717) is 31.7 Å². The molecule has 1 fully saturated rings. The van der Waals surface area contributed by atoms with Gasteiger partial charge in [0.1, 0.15) is 5.82 Å². The number of aliphatic carboxylic acids is 1. The van der Waals surface area contributed by atoms with E-state index in [1.807, 2.05) is 23.0 Å². The summed E-state index contributed by atoms with van der Waals surface area (Å²) in [5.74, 6) is 0.373. The van der Waals surface area contributed by atoms with Gasteiger partial charge in [-0.1, -0.05) is 6.07 Å². The number of piperazine rings is 1. The topological polar surface area (TPSA) is 127 Å². The molecule has 4 heterocycles. The maximum atomic E-state index is 10.6. The Morgan fingerprint density at radius 3 is 2.56 bits per heavy atom. The average Bonchev–Trinajstić information content (AvgIpc) is 3.26. The Bertz CT molecular complexity index is 1380. The number of nitrogens with zero attached hydrogens (tertiary/aromatic N) is 6. The number of benzene rings is 1. The first-order valence-electron chi connectivity index (χ1n) is 14.1. The number of methoxy groups -OCH3 is 1. The first-order chi connectivity index (χ1) is 20.5. The summed E-state index contributed by atoms with van der Waals surface area (Å²) in [7, 11) is 1.76. The molecule has 1 atom stereocenters. The summed E-state index contributed by atoms with van der Waals surface area (Å²) in [5, 5.41) is 16.2. The summed E-state index contributed by atoms with van der Waals surface area (Å²) in [6.07, 6.45) is -2.29. The number of rotatable bonds is 8. The van der Waals surface area contributed by atoms with Gasteiger partial charge in [-0.3, -0.25) is 4.90 Å². The number of carboxylic acids is 1. The Balaban J connectivity index is 0.000000541. The van der Waals surface area contributed by atoms with Gasteiger partial charge in [0.15, 0.2) is 17.1 Å². The number of fused-ring (bicyclic) bond motifs is 2. The molecule has 1 aromatic carbocycles. The molecule has 236 valence electrons. The number of carboxylic acid groups (broad SMARTS) is 1. The van der Waals surface area contributed by atoms with Crippen molar-refractivity contribution in [2.75, 3.05) is 63.3 Å². The van der Waals surface area contributed by atoms with Gasteiger partial charge in [-0.15, -0.1) is 0 Å². The predicted octanol–water partition coefficient (Wildman–Crippen LogP) is 3.97. The van der Waals surface area contributed by atoms with E-state index < -0.39 is 12.1 Å². The van der Waals surface area contributed by atoms with Crippen molar-refractivity contribution in [2.45, 2.75) is 52.0 Å². The lowest BCUT2D eigenvalue weighted by molar-refractivity contribution is -0.192. The Morgan fingerprint density at radius 2 is 1.91 bits per heavy atom. The van der Waals surface area contributed by atoms with E-state index in [2.05, 4.69) is 47.1 Å². The normalized spacial score (nSPS) is 17.4. The van der Waals surface area contributed by atoms with Crippen LogP contribution in [0.5, 0.6) is 11.5 Å². The van der Waals surface area contributed by atoms with Gasteiger partial charge in [0.05, 0.1) is 31.4 Å². The van der Waals surface area contributed by atoms with Gasteiger partial charge in [-0.25, -0.2) is 9.48 Å². The van der Waals surface area contributed by atoms with Crippen LogP contribution in [0.3, 0.4) is 0 Å². The van der Waals surface area contributed by atoms with Crippen LogP contribution >= 0.6 is 0 Å². The molecular weight excluding hydrogens is 571 g/mol. The van der Waals surface area contributed by atoms with Gasteiger partial charge in [-0.2, -0.15) is 28.2 Å². The molecule has 2 aliphatic rings. The lowest BCUT2D eigenvalue weighted by Crippen LogP contribution is -2.53. The van der Waals surface area contributed by atoms with Crippen molar-refractivity contribution < 1.29 is 37.3 Å². The molecule has 0 unspecified atom stereocenters. The van der Waals surface area contributed by atoms with Crippen molar-refractivity contribution >= 4 is 28.8 Å². The molecular formula is C28H38F3N7O5. The maximum Gasteiger partial charge on any atom is 0.490 e. The van der Waals surface area contributed by atoms with Crippen LogP contribution in [-0.4, -0.2) is 101 Å². The van der Waals surface area contributed by atoms with Crippen LogP contribution in [0.15, 0.2) is 24.4 Å². The number of alkyl halides is 3. The molecule has 0 amide bonds. The van der Waals surface area contributed by atoms with E-state index in [9.17, 15) is 13.2 Å². The summed E-state index contributed by atoms with van der Waals surface area (Å²) in [6.45, 7) is 12.9. The summed E-state index contributed by atoms with van der Waals surface area (Å²) in [5.41, 5.74) is 1.94. The quantitative estimate of drug-likeness (QED) is 0.385. The van der Waals surface area contributed by atoms with Crippen LogP contribution < -0.4 is 19.7 Å². The minimum absolute atomic E-state index is 0.199. The Kier molecular flexibility index (Phi) is 10.5. The van der Waals surface area contributed by atoms with Crippen molar-refractivity contribution in [2.24, 2.45) is 0 Å². The minimum Gasteiger partial charge on any atom is -0.490 e. The van der Waals surface area contributed by atoms with Crippen LogP contribution in [0.2, 0.25) is 0 Å². The molecule has 5 rings (SSSR count). The number of anilines is 2. The van der Waals surface area contributed by atoms with Crippen molar-refractivity contribution in [3.8, 4) is 11.5 Å². The van der Waals surface area contributed by atoms with Crippen molar-refractivity contribution in [3.05, 3.63) is 30.0 Å². The largest absolute Gasteiger partial charge is 0.490 e. The average molecular weight is 610 g/mol. The molecule has 2 N–H and O–H groups in total. The summed E-state index contributed by atoms with van der Waals surface area (Å²) in [6, 6.07) is 6.67. The SMILES string of the molecule is COCCN1CCN(c2nc(NCc3ccc4c(c3)OCCCO4)nc3c2cnn3C(C)C)C[C@H]1C.O=C(O)C(F)(F)F. The third-order valence-electron chi connectivity index (χ3n) is 7.08. The molecule has 0 bridgehead atoms. The van der Waals surface area contributed by atoms with Crippen molar-refractivity contribution in [1.29, 1.82) is 0 Å². The lowest BCUT2D eigenvalue weighted by Gasteiger charge is -2.40. The second-order valence-corrected chi connectivity index (χ2v) is 10.6. The second kappa shape index (κ2) is 14.1. The molecule has 0 saturated carbocycles. The smallest absolute Gasteiger partial charge is 0.490 e. The number of halogens is 3. The fourth-order valence-corrected chi connectivity index (χ4v) is 4.84. The number of aromatic nitrogens is 4. The molecule has 15 heteroatoms. The van der Waals surface area contributed by atoms with Crippen LogP contribution in [0, 0.1) is 0 Å². The van der Waals surface area contributed by atoms with Gasteiger partial charge in [0.2, 0.25) is 5.95 Å². The molecule has 2 aromatic heterocycles. The first kappa shape index (κ1) is 32.1. The van der Waals surface area contributed by atoms with E-state index >= 15 is 0 Å². The number of carbonyl (C=O) groups is 1. The van der Waals surface area contributed by atoms with Crippen LogP contribution in [0.1, 0.15) is 38.8 Å². The number of ether oxygens (including phenoxy) is 3.